The van der Waals surface area contributed by atoms with Gasteiger partial charge in [0.25, 0.3) is 11.8 Å². The van der Waals surface area contributed by atoms with Crippen LogP contribution in [0.15, 0.2) is 48.5 Å². The van der Waals surface area contributed by atoms with Gasteiger partial charge < -0.3 is 4.74 Å². The van der Waals surface area contributed by atoms with Crippen LogP contribution in [-0.4, -0.2) is 28.9 Å². The summed E-state index contributed by atoms with van der Waals surface area (Å²) in [7, 11) is 0. The number of carbonyl (C=O) groups is 2. The van der Waals surface area contributed by atoms with Crippen LogP contribution < -0.4 is 0 Å². The third kappa shape index (κ3) is 3.07. The first-order chi connectivity index (χ1) is 11.4. The molecule has 2 aromatic rings. The molecule has 1 aliphatic heterocycles. The molecule has 1 aliphatic rings. The number of imide groups is 1. The van der Waals surface area contributed by atoms with Crippen LogP contribution in [0.4, 0.5) is 0 Å². The van der Waals surface area contributed by atoms with E-state index in [1.165, 1.54) is 4.90 Å². The largest absolute Gasteiger partial charge is 0.374 e. The minimum absolute atomic E-state index is 0.251. The molecular weight excluding hydrogens is 326 g/mol. The average molecular weight is 344 g/mol. The Hall–Kier alpha value is -2.17. The molecule has 24 heavy (non-hydrogen) atoms. The zero-order valence-corrected chi connectivity index (χ0v) is 14.3. The van der Waals surface area contributed by atoms with Gasteiger partial charge in [-0.2, -0.15) is 0 Å². The number of nitrogens with zero attached hydrogens (tertiary/aromatic N) is 1. The van der Waals surface area contributed by atoms with Crippen LogP contribution in [-0.2, 0) is 11.3 Å². The Labute approximate surface area is 146 Å². The van der Waals surface area contributed by atoms with Crippen LogP contribution in [0.1, 0.15) is 40.1 Å². The van der Waals surface area contributed by atoms with Gasteiger partial charge in [0, 0.05) is 5.02 Å². The SMILES string of the molecule is CC(C)(COCc1ccc(Cl)cc1)N1C(=O)c2ccccc2C1=O. The number of rotatable bonds is 5. The zero-order valence-electron chi connectivity index (χ0n) is 13.6. The van der Waals surface area contributed by atoms with Crippen molar-refractivity contribution in [3.8, 4) is 0 Å². The molecular formula is C19H18ClNO3. The Balaban J connectivity index is 1.68. The Morgan fingerprint density at radius 3 is 2.04 bits per heavy atom. The second kappa shape index (κ2) is 6.38. The highest BCUT2D eigenvalue weighted by molar-refractivity contribution is 6.30. The van der Waals surface area contributed by atoms with E-state index in [0.717, 1.165) is 5.56 Å². The fourth-order valence-corrected chi connectivity index (χ4v) is 2.93. The molecule has 4 nitrogen and oxygen atoms in total. The Morgan fingerprint density at radius 1 is 0.958 bits per heavy atom. The van der Waals surface area contributed by atoms with E-state index in [4.69, 9.17) is 16.3 Å². The third-order valence-corrected chi connectivity index (χ3v) is 4.29. The van der Waals surface area contributed by atoms with Crippen molar-refractivity contribution >= 4 is 23.4 Å². The van der Waals surface area contributed by atoms with Gasteiger partial charge in [0.1, 0.15) is 0 Å². The van der Waals surface area contributed by atoms with E-state index in [1.807, 2.05) is 26.0 Å². The topological polar surface area (TPSA) is 46.6 Å². The highest BCUT2D eigenvalue weighted by Gasteiger charge is 2.43. The van der Waals surface area contributed by atoms with Gasteiger partial charge in [-0.05, 0) is 43.7 Å². The lowest BCUT2D eigenvalue weighted by molar-refractivity contribution is 0.0118. The number of fused-ring (bicyclic) bond motifs is 1. The summed E-state index contributed by atoms with van der Waals surface area (Å²) in [6, 6.07) is 14.3. The molecule has 0 aromatic heterocycles. The van der Waals surface area contributed by atoms with E-state index in [0.29, 0.717) is 22.8 Å². The molecule has 0 bridgehead atoms. The summed E-state index contributed by atoms with van der Waals surface area (Å²) in [5.41, 5.74) is 1.15. The van der Waals surface area contributed by atoms with Crippen molar-refractivity contribution < 1.29 is 14.3 Å². The number of halogens is 1. The molecule has 0 N–H and O–H groups in total. The average Bonchev–Trinajstić information content (AvgIpc) is 2.82. The van der Waals surface area contributed by atoms with Gasteiger partial charge in [-0.3, -0.25) is 14.5 Å². The van der Waals surface area contributed by atoms with Crippen molar-refractivity contribution in [3.05, 3.63) is 70.2 Å². The van der Waals surface area contributed by atoms with Crippen LogP contribution in [0.25, 0.3) is 0 Å². The lowest BCUT2D eigenvalue weighted by Crippen LogP contribution is -2.50. The number of ether oxygens (including phenoxy) is 1. The molecule has 5 heteroatoms. The zero-order chi connectivity index (χ0) is 17.3. The molecule has 2 aromatic carbocycles. The molecule has 0 saturated carbocycles. The van der Waals surface area contributed by atoms with Gasteiger partial charge in [0.2, 0.25) is 0 Å². The summed E-state index contributed by atoms with van der Waals surface area (Å²) >= 11 is 5.86. The second-order valence-corrected chi connectivity index (χ2v) is 6.86. The van der Waals surface area contributed by atoms with Crippen LogP contribution in [0.3, 0.4) is 0 Å². The quantitative estimate of drug-likeness (QED) is 0.773. The molecule has 2 amide bonds. The molecule has 3 rings (SSSR count). The first-order valence-corrected chi connectivity index (χ1v) is 8.08. The lowest BCUT2D eigenvalue weighted by Gasteiger charge is -2.33. The molecule has 0 fully saturated rings. The van der Waals surface area contributed by atoms with Gasteiger partial charge in [0.05, 0.1) is 29.9 Å². The number of amides is 2. The summed E-state index contributed by atoms with van der Waals surface area (Å²) < 4.78 is 5.74. The standard InChI is InChI=1S/C19H18ClNO3/c1-19(2,12-24-11-13-7-9-14(20)10-8-13)21-17(22)15-5-3-4-6-16(15)18(21)23/h3-10H,11-12H2,1-2H3. The summed E-state index contributed by atoms with van der Waals surface area (Å²) in [6.45, 7) is 4.30. The highest BCUT2D eigenvalue weighted by Crippen LogP contribution is 2.29. The number of hydrogen-bond donors (Lipinski definition) is 0. The molecule has 0 unspecified atom stereocenters. The maximum Gasteiger partial charge on any atom is 0.262 e. The molecule has 0 aliphatic carbocycles. The lowest BCUT2D eigenvalue weighted by atomic mass is 10.0. The van der Waals surface area contributed by atoms with Crippen LogP contribution in [0.5, 0.6) is 0 Å². The minimum Gasteiger partial charge on any atom is -0.374 e. The van der Waals surface area contributed by atoms with Gasteiger partial charge in [0.15, 0.2) is 0 Å². The Morgan fingerprint density at radius 2 is 1.50 bits per heavy atom. The monoisotopic (exact) mass is 343 g/mol. The summed E-state index contributed by atoms with van der Waals surface area (Å²) in [6.07, 6.45) is 0. The van der Waals surface area contributed by atoms with Crippen LogP contribution in [0, 0.1) is 0 Å². The summed E-state index contributed by atoms with van der Waals surface area (Å²) in [5, 5.41) is 0.671. The third-order valence-electron chi connectivity index (χ3n) is 4.04. The van der Waals surface area contributed by atoms with E-state index in [1.54, 1.807) is 36.4 Å². The predicted molar refractivity (Wildman–Crippen MR) is 92.1 cm³/mol. The normalized spacial score (nSPS) is 14.2. The fraction of sp³-hybridized carbons (Fsp3) is 0.263. The van der Waals surface area contributed by atoms with E-state index in [9.17, 15) is 9.59 Å². The second-order valence-electron chi connectivity index (χ2n) is 6.42. The highest BCUT2D eigenvalue weighted by atomic mass is 35.5. The van der Waals surface area contributed by atoms with Crippen LogP contribution >= 0.6 is 11.6 Å². The summed E-state index contributed by atoms with van der Waals surface area (Å²) in [4.78, 5) is 26.4. The van der Waals surface area contributed by atoms with Crippen molar-refractivity contribution in [1.82, 2.24) is 4.90 Å². The maximum absolute atomic E-state index is 12.6. The van der Waals surface area contributed by atoms with Crippen molar-refractivity contribution in [2.75, 3.05) is 6.61 Å². The first kappa shape index (κ1) is 16.7. The molecule has 1 heterocycles. The van der Waals surface area contributed by atoms with Gasteiger partial charge in [-0.15, -0.1) is 0 Å². The minimum atomic E-state index is -0.736. The first-order valence-electron chi connectivity index (χ1n) is 7.70. The Bertz CT molecular complexity index is 748. The van der Waals surface area contributed by atoms with Gasteiger partial charge in [-0.1, -0.05) is 35.9 Å². The Kier molecular flexibility index (Phi) is 4.43. The van der Waals surface area contributed by atoms with Crippen LogP contribution in [0.2, 0.25) is 5.02 Å². The summed E-state index contributed by atoms with van der Waals surface area (Å²) in [5.74, 6) is -0.536. The molecule has 0 radical (unpaired) electrons. The fourth-order valence-electron chi connectivity index (χ4n) is 2.80. The van der Waals surface area contributed by atoms with Crippen molar-refractivity contribution in [3.63, 3.8) is 0 Å². The number of benzene rings is 2. The van der Waals surface area contributed by atoms with E-state index in [2.05, 4.69) is 0 Å². The van der Waals surface area contributed by atoms with E-state index < -0.39 is 5.54 Å². The number of carbonyl (C=O) groups excluding carboxylic acids is 2. The van der Waals surface area contributed by atoms with Crippen molar-refractivity contribution in [1.29, 1.82) is 0 Å². The number of hydrogen-bond acceptors (Lipinski definition) is 3. The molecule has 124 valence electrons. The molecule has 0 spiro atoms. The maximum atomic E-state index is 12.6. The van der Waals surface area contributed by atoms with E-state index >= 15 is 0 Å². The van der Waals surface area contributed by atoms with Gasteiger partial charge in [-0.25, -0.2) is 0 Å². The van der Waals surface area contributed by atoms with Crippen molar-refractivity contribution in [2.45, 2.75) is 26.0 Å². The molecule has 0 atom stereocenters. The predicted octanol–water partition coefficient (Wildman–Crippen LogP) is 3.93. The van der Waals surface area contributed by atoms with Crippen molar-refractivity contribution in [2.24, 2.45) is 0 Å². The molecule has 0 saturated heterocycles. The van der Waals surface area contributed by atoms with Gasteiger partial charge >= 0.3 is 0 Å². The van der Waals surface area contributed by atoms with E-state index in [-0.39, 0.29) is 18.4 Å². The smallest absolute Gasteiger partial charge is 0.262 e.